The third kappa shape index (κ3) is 3.68. The molecule has 0 atom stereocenters. The first-order valence-electron chi connectivity index (χ1n) is 9.66. The second kappa shape index (κ2) is 8.21. The second-order valence-electron chi connectivity index (χ2n) is 7.71. The molecule has 0 bridgehead atoms. The molecule has 25 heavy (non-hydrogen) atoms. The zero-order chi connectivity index (χ0) is 19.6. The van der Waals surface area contributed by atoms with Gasteiger partial charge in [0.05, 0.1) is 0 Å². The van der Waals surface area contributed by atoms with Crippen molar-refractivity contribution in [1.29, 1.82) is 0 Å². The Kier molecular flexibility index (Phi) is 7.06. The Bertz CT molecular complexity index is 663. The van der Waals surface area contributed by atoms with E-state index in [1.807, 2.05) is 0 Å². The first-order valence-corrected chi connectivity index (χ1v) is 9.66. The van der Waals surface area contributed by atoms with Crippen LogP contribution in [-0.4, -0.2) is 0 Å². The van der Waals surface area contributed by atoms with Crippen LogP contribution in [0.25, 0.3) is 11.1 Å². The molecule has 0 saturated carbocycles. The summed E-state index contributed by atoms with van der Waals surface area (Å²) in [7, 11) is 0. The standard InChI is InChI=1S/C22H30.C3H8/c1-11-13(3)17(7)21(18(8)14(11)4)22-19(9)15(5)12(2)16(6)20(22)10;1-3-2/h1-10H3;3H2,1-2H3. The first kappa shape index (κ1) is 21.5. The minimum Gasteiger partial charge on any atom is -0.0656 e. The van der Waals surface area contributed by atoms with E-state index >= 15 is 0 Å². The van der Waals surface area contributed by atoms with Crippen molar-refractivity contribution in [3.8, 4) is 11.1 Å². The summed E-state index contributed by atoms with van der Waals surface area (Å²) in [5, 5.41) is 0. The zero-order valence-electron chi connectivity index (χ0n) is 18.7. The smallest absolute Gasteiger partial charge is 0.0114 e. The predicted molar refractivity (Wildman–Crippen MR) is 115 cm³/mol. The molecule has 2 rings (SSSR count). The maximum Gasteiger partial charge on any atom is -0.0114 e. The number of rotatable bonds is 1. The predicted octanol–water partition coefficient (Wildman–Crippen LogP) is 7.85. The van der Waals surface area contributed by atoms with Crippen LogP contribution in [0.15, 0.2) is 0 Å². The first-order chi connectivity index (χ1) is 11.5. The molecule has 0 unspecified atom stereocenters. The lowest BCUT2D eigenvalue weighted by atomic mass is 9.80. The molecule has 0 fully saturated rings. The summed E-state index contributed by atoms with van der Waals surface area (Å²) in [5.41, 5.74) is 17.3. The molecule has 0 aliphatic heterocycles. The molecule has 0 aliphatic rings. The molecule has 0 radical (unpaired) electrons. The Morgan fingerprint density at radius 2 is 0.440 bits per heavy atom. The quantitative estimate of drug-likeness (QED) is 0.496. The van der Waals surface area contributed by atoms with Crippen molar-refractivity contribution in [1.82, 2.24) is 0 Å². The van der Waals surface area contributed by atoms with E-state index in [1.165, 1.54) is 73.2 Å². The Morgan fingerprint density at radius 1 is 0.320 bits per heavy atom. The molecule has 0 N–H and O–H groups in total. The van der Waals surface area contributed by atoms with Crippen LogP contribution in [0.3, 0.4) is 0 Å². The molecule has 0 heteroatoms. The van der Waals surface area contributed by atoms with Crippen molar-refractivity contribution in [2.75, 3.05) is 0 Å². The lowest BCUT2D eigenvalue weighted by Gasteiger charge is -2.25. The van der Waals surface area contributed by atoms with E-state index in [2.05, 4.69) is 83.1 Å². The topological polar surface area (TPSA) is 0 Å². The van der Waals surface area contributed by atoms with Crippen LogP contribution in [0.1, 0.15) is 75.9 Å². The van der Waals surface area contributed by atoms with Crippen LogP contribution in [0.5, 0.6) is 0 Å². The maximum absolute atomic E-state index is 2.29. The van der Waals surface area contributed by atoms with Gasteiger partial charge in [0.2, 0.25) is 0 Å². The van der Waals surface area contributed by atoms with Gasteiger partial charge in [0.15, 0.2) is 0 Å². The van der Waals surface area contributed by atoms with E-state index in [9.17, 15) is 0 Å². The summed E-state index contributed by atoms with van der Waals surface area (Å²) in [4.78, 5) is 0. The normalized spacial score (nSPS) is 10.6. The van der Waals surface area contributed by atoms with Crippen molar-refractivity contribution in [2.24, 2.45) is 0 Å². The van der Waals surface area contributed by atoms with Gasteiger partial charge in [-0.15, -0.1) is 0 Å². The maximum atomic E-state index is 2.29. The largest absolute Gasteiger partial charge is 0.0656 e. The average molecular weight is 339 g/mol. The third-order valence-electron chi connectivity index (χ3n) is 6.25. The van der Waals surface area contributed by atoms with Gasteiger partial charge in [-0.25, -0.2) is 0 Å². The number of benzene rings is 2. The molecule has 2 aromatic carbocycles. The summed E-state index contributed by atoms with van der Waals surface area (Å²) in [6.07, 6.45) is 1.25. The molecule has 0 amide bonds. The van der Waals surface area contributed by atoms with Gasteiger partial charge in [-0.05, 0) is 136 Å². The molecular weight excluding hydrogens is 300 g/mol. The fraction of sp³-hybridized carbons (Fsp3) is 0.520. The van der Waals surface area contributed by atoms with Crippen molar-refractivity contribution in [3.63, 3.8) is 0 Å². The second-order valence-corrected chi connectivity index (χ2v) is 7.71. The fourth-order valence-electron chi connectivity index (χ4n) is 3.75. The van der Waals surface area contributed by atoms with E-state index in [0.29, 0.717) is 0 Å². The minimum atomic E-state index is 1.25. The van der Waals surface area contributed by atoms with Crippen molar-refractivity contribution in [3.05, 3.63) is 55.6 Å². The molecule has 0 nitrogen and oxygen atoms in total. The van der Waals surface area contributed by atoms with Gasteiger partial charge in [0, 0.05) is 0 Å². The van der Waals surface area contributed by atoms with Gasteiger partial charge >= 0.3 is 0 Å². The summed E-state index contributed by atoms with van der Waals surface area (Å²) >= 11 is 0. The molecule has 0 aromatic heterocycles. The SMILES string of the molecule is CCC.Cc1c(C)c(C)c(-c2c(C)c(C)c(C)c(C)c2C)c(C)c1C. The zero-order valence-corrected chi connectivity index (χ0v) is 18.7. The van der Waals surface area contributed by atoms with Crippen LogP contribution in [0.4, 0.5) is 0 Å². The van der Waals surface area contributed by atoms with Gasteiger partial charge in [0.1, 0.15) is 0 Å². The summed E-state index contributed by atoms with van der Waals surface area (Å²) in [6.45, 7) is 26.9. The van der Waals surface area contributed by atoms with Gasteiger partial charge in [-0.2, -0.15) is 0 Å². The van der Waals surface area contributed by atoms with Crippen LogP contribution in [0.2, 0.25) is 0 Å². The average Bonchev–Trinajstić information content (AvgIpc) is 2.58. The fourth-order valence-corrected chi connectivity index (χ4v) is 3.75. The highest BCUT2D eigenvalue weighted by Gasteiger charge is 2.20. The van der Waals surface area contributed by atoms with Crippen LogP contribution >= 0.6 is 0 Å². The van der Waals surface area contributed by atoms with Crippen molar-refractivity contribution in [2.45, 2.75) is 89.5 Å². The summed E-state index contributed by atoms with van der Waals surface area (Å²) in [6, 6.07) is 0. The van der Waals surface area contributed by atoms with E-state index in [-0.39, 0.29) is 0 Å². The highest BCUT2D eigenvalue weighted by atomic mass is 14.2. The van der Waals surface area contributed by atoms with Crippen LogP contribution < -0.4 is 0 Å². The van der Waals surface area contributed by atoms with E-state index in [0.717, 1.165) is 0 Å². The molecule has 2 aromatic rings. The Morgan fingerprint density at radius 3 is 0.600 bits per heavy atom. The van der Waals surface area contributed by atoms with Crippen LogP contribution in [0, 0.1) is 69.2 Å². The van der Waals surface area contributed by atoms with Gasteiger partial charge in [0.25, 0.3) is 0 Å². The highest BCUT2D eigenvalue weighted by Crippen LogP contribution is 2.40. The molecule has 0 heterocycles. The van der Waals surface area contributed by atoms with Crippen molar-refractivity contribution >= 4 is 0 Å². The number of hydrogen-bond acceptors (Lipinski definition) is 0. The third-order valence-corrected chi connectivity index (χ3v) is 6.25. The molecule has 0 spiro atoms. The Labute approximate surface area is 156 Å². The lowest BCUT2D eigenvalue weighted by molar-refractivity contribution is 1.09. The molecular formula is C25H38. The molecule has 0 saturated heterocycles. The van der Waals surface area contributed by atoms with Gasteiger partial charge in [-0.1, -0.05) is 20.3 Å². The van der Waals surface area contributed by atoms with Crippen LogP contribution in [-0.2, 0) is 0 Å². The monoisotopic (exact) mass is 338 g/mol. The van der Waals surface area contributed by atoms with E-state index < -0.39 is 0 Å². The minimum absolute atomic E-state index is 1.25. The molecule has 138 valence electrons. The Hall–Kier alpha value is -1.56. The lowest BCUT2D eigenvalue weighted by Crippen LogP contribution is -2.05. The van der Waals surface area contributed by atoms with E-state index in [1.54, 1.807) is 0 Å². The highest BCUT2D eigenvalue weighted by molar-refractivity contribution is 5.81. The van der Waals surface area contributed by atoms with Gasteiger partial charge < -0.3 is 0 Å². The summed E-state index contributed by atoms with van der Waals surface area (Å²) in [5.74, 6) is 0. The number of hydrogen-bond donors (Lipinski definition) is 0. The van der Waals surface area contributed by atoms with Gasteiger partial charge in [-0.3, -0.25) is 0 Å². The van der Waals surface area contributed by atoms with E-state index in [4.69, 9.17) is 0 Å². The molecule has 0 aliphatic carbocycles. The Balaban J connectivity index is 0.000000970. The van der Waals surface area contributed by atoms with Crippen molar-refractivity contribution < 1.29 is 0 Å². The summed E-state index contributed by atoms with van der Waals surface area (Å²) < 4.78 is 0.